The van der Waals surface area contributed by atoms with Crippen LogP contribution in [0.1, 0.15) is 13.8 Å². The summed E-state index contributed by atoms with van der Waals surface area (Å²) >= 11 is 1.12. The van der Waals surface area contributed by atoms with Crippen LogP contribution in [0.25, 0.3) is 17.2 Å². The Morgan fingerprint density at radius 3 is 2.52 bits per heavy atom. The van der Waals surface area contributed by atoms with E-state index < -0.39 is 5.25 Å². The van der Waals surface area contributed by atoms with Crippen molar-refractivity contribution in [1.29, 1.82) is 0 Å². The van der Waals surface area contributed by atoms with E-state index in [-0.39, 0.29) is 11.6 Å². The van der Waals surface area contributed by atoms with Gasteiger partial charge in [-0.15, -0.1) is 10.2 Å². The molecule has 3 rings (SSSR count). The molecular formula is C15H13N5O2S. The molecule has 0 N–H and O–H groups in total. The minimum absolute atomic E-state index is 0.196. The van der Waals surface area contributed by atoms with E-state index in [9.17, 15) is 9.59 Å². The van der Waals surface area contributed by atoms with Gasteiger partial charge in [0, 0.05) is 6.20 Å². The van der Waals surface area contributed by atoms with E-state index in [4.69, 9.17) is 0 Å². The van der Waals surface area contributed by atoms with Gasteiger partial charge in [0.25, 0.3) is 0 Å². The summed E-state index contributed by atoms with van der Waals surface area (Å²) in [6.45, 7) is 2.80. The fourth-order valence-corrected chi connectivity index (χ4v) is 2.91. The molecule has 116 valence electrons. The van der Waals surface area contributed by atoms with Gasteiger partial charge < -0.3 is 0 Å². The van der Waals surface area contributed by atoms with Crippen molar-refractivity contribution in [2.75, 3.05) is 0 Å². The molecule has 0 aliphatic heterocycles. The molecule has 0 aromatic carbocycles. The molecule has 7 nitrogen and oxygen atoms in total. The van der Waals surface area contributed by atoms with Crippen LogP contribution in [0.4, 0.5) is 0 Å². The number of carbonyl (C=O) groups excluding carboxylic acids is 2. The summed E-state index contributed by atoms with van der Waals surface area (Å²) in [7, 11) is 0. The number of ketones is 2. The summed E-state index contributed by atoms with van der Waals surface area (Å²) in [5, 5.41) is 12.4. The first-order chi connectivity index (χ1) is 11.1. The number of pyridine rings is 1. The molecule has 0 spiro atoms. The van der Waals surface area contributed by atoms with E-state index in [0.29, 0.717) is 22.2 Å². The summed E-state index contributed by atoms with van der Waals surface area (Å²) in [5.74, 6) is 0.112. The molecular weight excluding hydrogens is 314 g/mol. The first-order valence-corrected chi connectivity index (χ1v) is 7.75. The average molecular weight is 327 g/mol. The Hall–Kier alpha value is -2.61. The van der Waals surface area contributed by atoms with Crippen LogP contribution in [0.2, 0.25) is 0 Å². The van der Waals surface area contributed by atoms with Crippen molar-refractivity contribution in [3.63, 3.8) is 0 Å². The first kappa shape index (κ1) is 15.3. The van der Waals surface area contributed by atoms with Gasteiger partial charge in [-0.2, -0.15) is 9.61 Å². The number of hydrogen-bond acceptors (Lipinski definition) is 7. The van der Waals surface area contributed by atoms with Crippen LogP contribution in [-0.2, 0) is 9.59 Å². The van der Waals surface area contributed by atoms with Crippen molar-refractivity contribution in [1.82, 2.24) is 24.8 Å². The lowest BCUT2D eigenvalue weighted by atomic mass is 10.2. The number of nitrogens with zero attached hydrogens (tertiary/aromatic N) is 5. The predicted octanol–water partition coefficient (Wildman–Crippen LogP) is 1.82. The summed E-state index contributed by atoms with van der Waals surface area (Å²) < 4.78 is 1.56. The van der Waals surface area contributed by atoms with E-state index >= 15 is 0 Å². The molecule has 0 saturated heterocycles. The summed E-state index contributed by atoms with van der Waals surface area (Å²) in [6.07, 6.45) is 1.66. The number of carbonyl (C=O) groups is 2. The molecule has 23 heavy (non-hydrogen) atoms. The molecule has 0 bridgehead atoms. The number of rotatable bonds is 5. The van der Waals surface area contributed by atoms with Crippen molar-refractivity contribution in [3.05, 3.63) is 36.5 Å². The second-order valence-corrected chi connectivity index (χ2v) is 6.02. The van der Waals surface area contributed by atoms with Gasteiger partial charge in [-0.1, -0.05) is 17.8 Å². The zero-order valence-corrected chi connectivity index (χ0v) is 13.3. The van der Waals surface area contributed by atoms with Gasteiger partial charge in [0.1, 0.15) is 16.0 Å². The van der Waals surface area contributed by atoms with Gasteiger partial charge in [-0.3, -0.25) is 14.6 Å². The van der Waals surface area contributed by atoms with Crippen LogP contribution in [0.15, 0.2) is 41.6 Å². The molecule has 0 radical (unpaired) electrons. The number of aromatic nitrogens is 5. The zero-order valence-electron chi connectivity index (χ0n) is 12.5. The van der Waals surface area contributed by atoms with Gasteiger partial charge in [-0.05, 0) is 38.1 Å². The van der Waals surface area contributed by atoms with Crippen LogP contribution in [0.5, 0.6) is 0 Å². The molecule has 3 aromatic heterocycles. The van der Waals surface area contributed by atoms with Gasteiger partial charge >= 0.3 is 0 Å². The Labute approximate surface area is 136 Å². The summed E-state index contributed by atoms with van der Waals surface area (Å²) in [6, 6.07) is 8.93. The van der Waals surface area contributed by atoms with E-state index in [1.165, 1.54) is 13.8 Å². The van der Waals surface area contributed by atoms with Crippen molar-refractivity contribution in [2.24, 2.45) is 0 Å². The van der Waals surface area contributed by atoms with Crippen molar-refractivity contribution in [2.45, 2.75) is 24.1 Å². The number of Topliss-reactive ketones (excluding diaryl/α,β-unsaturated/α-hetero) is 2. The fraction of sp³-hybridized carbons (Fsp3) is 0.200. The third kappa shape index (κ3) is 3.11. The number of thioether (sulfide) groups is 1. The normalized spacial score (nSPS) is 11.1. The third-order valence-corrected chi connectivity index (χ3v) is 4.47. The second kappa shape index (κ2) is 6.25. The van der Waals surface area contributed by atoms with Crippen LogP contribution < -0.4 is 0 Å². The fourth-order valence-electron chi connectivity index (χ4n) is 2.06. The van der Waals surface area contributed by atoms with E-state index in [2.05, 4.69) is 20.3 Å². The Kier molecular flexibility index (Phi) is 4.16. The molecule has 3 heterocycles. The maximum atomic E-state index is 11.6. The van der Waals surface area contributed by atoms with Crippen LogP contribution in [0.3, 0.4) is 0 Å². The van der Waals surface area contributed by atoms with Crippen LogP contribution >= 0.6 is 11.8 Å². The summed E-state index contributed by atoms with van der Waals surface area (Å²) in [4.78, 5) is 27.4. The molecule has 0 atom stereocenters. The Morgan fingerprint density at radius 2 is 1.87 bits per heavy atom. The molecule has 0 fully saturated rings. The van der Waals surface area contributed by atoms with Gasteiger partial charge in [0.2, 0.25) is 5.82 Å². The SMILES string of the molecule is CC(=O)C(Sc1ccc2nnc(-c3ccccn3)n2n1)C(C)=O. The van der Waals surface area contributed by atoms with Crippen LogP contribution in [-0.4, -0.2) is 41.6 Å². The average Bonchev–Trinajstić information content (AvgIpc) is 2.96. The lowest BCUT2D eigenvalue weighted by Gasteiger charge is -2.09. The highest BCUT2D eigenvalue weighted by Gasteiger charge is 2.22. The van der Waals surface area contributed by atoms with Crippen LogP contribution in [0, 0.1) is 0 Å². The maximum Gasteiger partial charge on any atom is 0.203 e. The lowest BCUT2D eigenvalue weighted by Crippen LogP contribution is -2.22. The largest absolute Gasteiger partial charge is 0.298 e. The molecule has 8 heteroatoms. The minimum atomic E-state index is -0.755. The monoisotopic (exact) mass is 327 g/mol. The minimum Gasteiger partial charge on any atom is -0.298 e. The Morgan fingerprint density at radius 1 is 1.09 bits per heavy atom. The molecule has 0 unspecified atom stereocenters. The highest BCUT2D eigenvalue weighted by Crippen LogP contribution is 2.24. The standard InChI is InChI=1S/C15H13N5O2S/c1-9(21)14(10(2)22)23-13-7-6-12-17-18-15(20(12)19-13)11-5-3-4-8-16-11/h3-8,14H,1-2H3. The first-order valence-electron chi connectivity index (χ1n) is 6.87. The smallest absolute Gasteiger partial charge is 0.203 e. The van der Waals surface area contributed by atoms with Gasteiger partial charge in [0.15, 0.2) is 17.2 Å². The summed E-state index contributed by atoms with van der Waals surface area (Å²) in [5.41, 5.74) is 1.21. The van der Waals surface area contributed by atoms with Gasteiger partial charge in [0.05, 0.1) is 0 Å². The van der Waals surface area contributed by atoms with Crippen molar-refractivity contribution in [3.8, 4) is 11.5 Å². The number of fused-ring (bicyclic) bond motifs is 1. The van der Waals surface area contributed by atoms with E-state index in [1.807, 2.05) is 18.2 Å². The Bertz CT molecular complexity index is 864. The molecule has 0 saturated carbocycles. The highest BCUT2D eigenvalue weighted by molar-refractivity contribution is 8.01. The second-order valence-electron chi connectivity index (χ2n) is 4.90. The van der Waals surface area contributed by atoms with Gasteiger partial charge in [-0.25, -0.2) is 0 Å². The highest BCUT2D eigenvalue weighted by atomic mass is 32.2. The number of hydrogen-bond donors (Lipinski definition) is 0. The molecule has 0 aliphatic rings. The Balaban J connectivity index is 2.01. The molecule has 3 aromatic rings. The quantitative estimate of drug-likeness (QED) is 0.521. The maximum absolute atomic E-state index is 11.6. The topological polar surface area (TPSA) is 90.1 Å². The van der Waals surface area contributed by atoms with E-state index in [1.54, 1.807) is 22.8 Å². The zero-order chi connectivity index (χ0) is 16.4. The van der Waals surface area contributed by atoms with Crippen molar-refractivity contribution < 1.29 is 9.59 Å². The third-order valence-electron chi connectivity index (χ3n) is 3.11. The van der Waals surface area contributed by atoms with E-state index in [0.717, 1.165) is 11.8 Å². The van der Waals surface area contributed by atoms with Crippen molar-refractivity contribution >= 4 is 29.0 Å². The molecule has 0 amide bonds. The lowest BCUT2D eigenvalue weighted by molar-refractivity contribution is -0.123. The predicted molar refractivity (Wildman–Crippen MR) is 85.0 cm³/mol. The molecule has 0 aliphatic carbocycles.